The number of ether oxygens (including phenoxy) is 1. The van der Waals surface area contributed by atoms with Gasteiger partial charge in [0.25, 0.3) is 5.91 Å². The number of hydrogen-bond acceptors (Lipinski definition) is 3. The smallest absolute Gasteiger partial charge is 0.359 e. The molecule has 4 nitrogen and oxygen atoms in total. The van der Waals surface area contributed by atoms with Gasteiger partial charge in [0.05, 0.1) is 6.04 Å². The largest absolute Gasteiger partial charge is 0.411 e. The van der Waals surface area contributed by atoms with Crippen LogP contribution in [0.5, 0.6) is 0 Å². The highest BCUT2D eigenvalue weighted by molar-refractivity contribution is 5.81. The van der Waals surface area contributed by atoms with Crippen molar-refractivity contribution in [3.8, 4) is 0 Å². The lowest BCUT2D eigenvalue weighted by Crippen LogP contribution is -2.40. The molecule has 0 spiro atoms. The highest BCUT2D eigenvalue weighted by atomic mass is 19.4. The summed E-state index contributed by atoms with van der Waals surface area (Å²) in [5.41, 5.74) is 0.943. The molecule has 1 fully saturated rings. The number of aromatic nitrogens is 1. The van der Waals surface area contributed by atoms with Crippen LogP contribution in [-0.2, 0) is 9.53 Å². The van der Waals surface area contributed by atoms with Crippen LogP contribution in [0, 0.1) is 0 Å². The van der Waals surface area contributed by atoms with E-state index in [1.807, 2.05) is 12.1 Å². The molecule has 0 saturated carbocycles. The van der Waals surface area contributed by atoms with Crippen LogP contribution in [0.2, 0.25) is 0 Å². The number of halogens is 3. The van der Waals surface area contributed by atoms with Gasteiger partial charge in [-0.25, -0.2) is 0 Å². The Kier molecular flexibility index (Phi) is 4.82. The minimum Gasteiger partial charge on any atom is -0.359 e. The van der Waals surface area contributed by atoms with Crippen molar-refractivity contribution in [1.82, 2.24) is 9.88 Å². The molecule has 1 aromatic rings. The van der Waals surface area contributed by atoms with Gasteiger partial charge >= 0.3 is 6.18 Å². The molecular weight excluding hydrogens is 285 g/mol. The molecule has 116 valence electrons. The van der Waals surface area contributed by atoms with E-state index in [0.717, 1.165) is 18.4 Å². The van der Waals surface area contributed by atoms with Crippen molar-refractivity contribution in [2.45, 2.75) is 38.1 Å². The van der Waals surface area contributed by atoms with Gasteiger partial charge in [-0.1, -0.05) is 0 Å². The SMILES string of the molecule is CC(OCC(F)(F)F)C(=O)N1CCCC1c1ccncc1. The molecule has 0 aliphatic carbocycles. The van der Waals surface area contributed by atoms with Crippen molar-refractivity contribution in [3.63, 3.8) is 0 Å². The maximum absolute atomic E-state index is 12.3. The van der Waals surface area contributed by atoms with Crippen LogP contribution in [0.15, 0.2) is 24.5 Å². The quantitative estimate of drug-likeness (QED) is 0.859. The third kappa shape index (κ3) is 4.17. The van der Waals surface area contributed by atoms with Crippen LogP contribution in [0.4, 0.5) is 13.2 Å². The van der Waals surface area contributed by atoms with Gasteiger partial charge in [0, 0.05) is 18.9 Å². The number of pyridine rings is 1. The number of rotatable bonds is 4. The lowest BCUT2D eigenvalue weighted by Gasteiger charge is -2.28. The Hall–Kier alpha value is -1.63. The predicted molar refractivity (Wildman–Crippen MR) is 69.4 cm³/mol. The van der Waals surface area contributed by atoms with E-state index in [0.29, 0.717) is 6.54 Å². The summed E-state index contributed by atoms with van der Waals surface area (Å²) in [6.45, 7) is 0.481. The molecule has 2 heterocycles. The van der Waals surface area contributed by atoms with Gasteiger partial charge in [0.15, 0.2) is 0 Å². The average Bonchev–Trinajstić information content (AvgIpc) is 2.93. The second kappa shape index (κ2) is 6.43. The summed E-state index contributed by atoms with van der Waals surface area (Å²) < 4.78 is 41.1. The van der Waals surface area contributed by atoms with Crippen molar-refractivity contribution in [1.29, 1.82) is 0 Å². The van der Waals surface area contributed by atoms with Gasteiger partial charge in [0.1, 0.15) is 12.7 Å². The minimum absolute atomic E-state index is 0.113. The van der Waals surface area contributed by atoms with Gasteiger partial charge in [-0.3, -0.25) is 9.78 Å². The maximum atomic E-state index is 12.3. The lowest BCUT2D eigenvalue weighted by atomic mass is 10.1. The molecule has 2 atom stereocenters. The summed E-state index contributed by atoms with van der Waals surface area (Å²) in [6.07, 6.45) is -0.634. The zero-order valence-electron chi connectivity index (χ0n) is 11.6. The fraction of sp³-hybridized carbons (Fsp3) is 0.571. The highest BCUT2D eigenvalue weighted by Gasteiger charge is 2.35. The molecule has 1 aliphatic rings. The van der Waals surface area contributed by atoms with E-state index in [2.05, 4.69) is 9.72 Å². The fourth-order valence-electron chi connectivity index (χ4n) is 2.49. The van der Waals surface area contributed by atoms with Crippen molar-refractivity contribution in [2.75, 3.05) is 13.2 Å². The normalized spacial score (nSPS) is 20.6. The molecule has 21 heavy (non-hydrogen) atoms. The molecule has 1 saturated heterocycles. The standard InChI is InChI=1S/C14H17F3N2O2/c1-10(21-9-14(15,16)17)13(20)19-8-2-3-12(19)11-4-6-18-7-5-11/h4-7,10,12H,2-3,8-9H2,1H3. The Morgan fingerprint density at radius 2 is 2.14 bits per heavy atom. The molecule has 0 N–H and O–H groups in total. The van der Waals surface area contributed by atoms with E-state index < -0.39 is 24.8 Å². The molecule has 2 unspecified atom stereocenters. The third-order valence-electron chi connectivity index (χ3n) is 3.47. The van der Waals surface area contributed by atoms with Crippen molar-refractivity contribution in [2.24, 2.45) is 0 Å². The van der Waals surface area contributed by atoms with E-state index >= 15 is 0 Å². The van der Waals surface area contributed by atoms with Gasteiger partial charge in [-0.05, 0) is 37.5 Å². The summed E-state index contributed by atoms with van der Waals surface area (Å²) in [7, 11) is 0. The Morgan fingerprint density at radius 1 is 1.48 bits per heavy atom. The highest BCUT2D eigenvalue weighted by Crippen LogP contribution is 2.32. The number of carbonyl (C=O) groups is 1. The summed E-state index contributed by atoms with van der Waals surface area (Å²) in [5.74, 6) is -0.404. The number of likely N-dealkylation sites (tertiary alicyclic amines) is 1. The number of hydrogen-bond donors (Lipinski definition) is 0. The van der Waals surface area contributed by atoms with Crippen LogP contribution < -0.4 is 0 Å². The number of nitrogens with zero attached hydrogens (tertiary/aromatic N) is 2. The fourth-order valence-corrected chi connectivity index (χ4v) is 2.49. The van der Waals surface area contributed by atoms with Gasteiger partial charge in [-0.15, -0.1) is 0 Å². The summed E-state index contributed by atoms with van der Waals surface area (Å²) in [6, 6.07) is 3.52. The number of alkyl halides is 3. The average molecular weight is 302 g/mol. The first kappa shape index (κ1) is 15.8. The van der Waals surface area contributed by atoms with E-state index in [1.165, 1.54) is 6.92 Å². The molecule has 0 aromatic carbocycles. The van der Waals surface area contributed by atoms with Gasteiger partial charge in [0.2, 0.25) is 0 Å². The summed E-state index contributed by atoms with van der Waals surface area (Å²) in [4.78, 5) is 17.8. The maximum Gasteiger partial charge on any atom is 0.411 e. The third-order valence-corrected chi connectivity index (χ3v) is 3.47. The second-order valence-corrected chi connectivity index (χ2v) is 5.04. The molecule has 1 amide bonds. The molecule has 0 bridgehead atoms. The van der Waals surface area contributed by atoms with Crippen LogP contribution >= 0.6 is 0 Å². The molecular formula is C14H17F3N2O2. The second-order valence-electron chi connectivity index (χ2n) is 5.04. The Balaban J connectivity index is 2.01. The molecule has 1 aliphatic heterocycles. The van der Waals surface area contributed by atoms with Crippen LogP contribution in [0.1, 0.15) is 31.4 Å². The Bertz CT molecular complexity index is 479. The van der Waals surface area contributed by atoms with Crippen molar-refractivity contribution >= 4 is 5.91 Å². The van der Waals surface area contributed by atoms with E-state index in [-0.39, 0.29) is 6.04 Å². The van der Waals surface area contributed by atoms with Crippen molar-refractivity contribution < 1.29 is 22.7 Å². The minimum atomic E-state index is -4.43. The van der Waals surface area contributed by atoms with Gasteiger partial charge in [-0.2, -0.15) is 13.2 Å². The van der Waals surface area contributed by atoms with E-state index in [1.54, 1.807) is 17.3 Å². The van der Waals surface area contributed by atoms with Crippen molar-refractivity contribution in [3.05, 3.63) is 30.1 Å². The molecule has 0 radical (unpaired) electrons. The zero-order valence-corrected chi connectivity index (χ0v) is 11.6. The van der Waals surface area contributed by atoms with E-state index in [9.17, 15) is 18.0 Å². The first-order valence-electron chi connectivity index (χ1n) is 6.77. The van der Waals surface area contributed by atoms with Crippen LogP contribution in [-0.4, -0.2) is 41.2 Å². The molecule has 2 rings (SSSR count). The predicted octanol–water partition coefficient (Wildman–Crippen LogP) is 2.71. The number of amides is 1. The van der Waals surface area contributed by atoms with Crippen LogP contribution in [0.25, 0.3) is 0 Å². The lowest BCUT2D eigenvalue weighted by molar-refractivity contribution is -0.188. The Labute approximate surface area is 120 Å². The van der Waals surface area contributed by atoms with Crippen LogP contribution in [0.3, 0.4) is 0 Å². The molecule has 1 aromatic heterocycles. The topological polar surface area (TPSA) is 42.4 Å². The number of carbonyl (C=O) groups excluding carboxylic acids is 1. The first-order chi connectivity index (χ1) is 9.88. The summed E-state index contributed by atoms with van der Waals surface area (Å²) in [5, 5.41) is 0. The monoisotopic (exact) mass is 302 g/mol. The van der Waals surface area contributed by atoms with Gasteiger partial charge < -0.3 is 9.64 Å². The van der Waals surface area contributed by atoms with E-state index in [4.69, 9.17) is 0 Å². The Morgan fingerprint density at radius 3 is 2.76 bits per heavy atom. The first-order valence-corrected chi connectivity index (χ1v) is 6.77. The zero-order chi connectivity index (χ0) is 15.5. The summed E-state index contributed by atoms with van der Waals surface area (Å²) >= 11 is 0. The molecule has 7 heteroatoms.